The van der Waals surface area contributed by atoms with Crippen molar-refractivity contribution in [3.8, 4) is 17.1 Å². The molecule has 2 rings (SSSR count). The number of nitrogens with zero attached hydrogens (tertiary/aromatic N) is 2. The van der Waals surface area contributed by atoms with Gasteiger partial charge in [-0.2, -0.15) is 4.98 Å². The Bertz CT molecular complexity index is 540. The van der Waals surface area contributed by atoms with Crippen molar-refractivity contribution in [3.63, 3.8) is 0 Å². The minimum Gasteiger partial charge on any atom is -0.496 e. The van der Waals surface area contributed by atoms with Crippen molar-refractivity contribution in [2.45, 2.75) is 13.5 Å². The maximum atomic E-state index is 13.8. The number of methoxy groups -OCH3 is 1. The van der Waals surface area contributed by atoms with E-state index in [1.54, 1.807) is 6.92 Å². The van der Waals surface area contributed by atoms with Crippen molar-refractivity contribution >= 4 is 0 Å². The predicted molar refractivity (Wildman–Crippen MR) is 58.9 cm³/mol. The van der Waals surface area contributed by atoms with Gasteiger partial charge < -0.3 is 15.0 Å². The molecule has 0 aliphatic rings. The molecule has 6 heteroatoms. The monoisotopic (exact) mass is 237 g/mol. The van der Waals surface area contributed by atoms with E-state index in [9.17, 15) is 4.39 Å². The lowest BCUT2D eigenvalue weighted by Crippen LogP contribution is -1.96. The Balaban J connectivity index is 2.50. The van der Waals surface area contributed by atoms with Gasteiger partial charge in [-0.3, -0.25) is 0 Å². The van der Waals surface area contributed by atoms with Crippen molar-refractivity contribution in [2.75, 3.05) is 7.11 Å². The lowest BCUT2D eigenvalue weighted by molar-refractivity contribution is 0.380. The van der Waals surface area contributed by atoms with Crippen molar-refractivity contribution in [1.29, 1.82) is 0 Å². The second kappa shape index (κ2) is 4.50. The Morgan fingerprint density at radius 3 is 2.82 bits per heavy atom. The molecular weight excluding hydrogens is 225 g/mol. The van der Waals surface area contributed by atoms with Crippen LogP contribution in [-0.4, -0.2) is 17.3 Å². The van der Waals surface area contributed by atoms with E-state index in [1.165, 1.54) is 19.2 Å². The molecule has 0 amide bonds. The molecule has 2 N–H and O–H groups in total. The Hall–Kier alpha value is -1.95. The molecule has 1 aromatic carbocycles. The topological polar surface area (TPSA) is 74.2 Å². The van der Waals surface area contributed by atoms with Gasteiger partial charge in [0.25, 0.3) is 0 Å². The summed E-state index contributed by atoms with van der Waals surface area (Å²) in [4.78, 5) is 3.97. The van der Waals surface area contributed by atoms with E-state index < -0.39 is 5.82 Å². The van der Waals surface area contributed by atoms with Crippen LogP contribution >= 0.6 is 0 Å². The summed E-state index contributed by atoms with van der Waals surface area (Å²) in [6, 6.07) is 2.91. The van der Waals surface area contributed by atoms with Crippen molar-refractivity contribution < 1.29 is 13.7 Å². The van der Waals surface area contributed by atoms with Crippen LogP contribution < -0.4 is 10.5 Å². The number of hydrogen-bond acceptors (Lipinski definition) is 5. The van der Waals surface area contributed by atoms with Gasteiger partial charge >= 0.3 is 0 Å². The van der Waals surface area contributed by atoms with Crippen LogP contribution in [0, 0.1) is 12.7 Å². The fraction of sp³-hybridized carbons (Fsp3) is 0.273. The highest BCUT2D eigenvalue weighted by molar-refractivity contribution is 5.59. The fourth-order valence-corrected chi connectivity index (χ4v) is 1.49. The van der Waals surface area contributed by atoms with Gasteiger partial charge in [0.2, 0.25) is 11.7 Å². The van der Waals surface area contributed by atoms with Gasteiger partial charge in [-0.05, 0) is 24.6 Å². The molecule has 90 valence electrons. The summed E-state index contributed by atoms with van der Waals surface area (Å²) >= 11 is 0. The molecule has 0 bridgehead atoms. The van der Waals surface area contributed by atoms with Crippen LogP contribution in [0.3, 0.4) is 0 Å². The van der Waals surface area contributed by atoms with Crippen LogP contribution in [0.5, 0.6) is 5.75 Å². The van der Waals surface area contributed by atoms with E-state index in [0.717, 1.165) is 0 Å². The second-order valence-electron chi connectivity index (χ2n) is 3.52. The van der Waals surface area contributed by atoms with Gasteiger partial charge in [-0.1, -0.05) is 5.16 Å². The van der Waals surface area contributed by atoms with Gasteiger partial charge in [0.1, 0.15) is 11.6 Å². The third kappa shape index (κ3) is 2.12. The van der Waals surface area contributed by atoms with Gasteiger partial charge in [0.05, 0.1) is 19.2 Å². The smallest absolute Gasteiger partial charge is 0.240 e. The first-order chi connectivity index (χ1) is 8.15. The minimum absolute atomic E-state index is 0.123. The maximum absolute atomic E-state index is 13.8. The summed E-state index contributed by atoms with van der Waals surface area (Å²) in [5, 5.41) is 3.66. The molecule has 0 aliphatic carbocycles. The van der Waals surface area contributed by atoms with Crippen molar-refractivity contribution in [2.24, 2.45) is 5.73 Å². The lowest BCUT2D eigenvalue weighted by Gasteiger charge is -2.06. The van der Waals surface area contributed by atoms with Crippen LogP contribution in [-0.2, 0) is 6.54 Å². The average molecular weight is 237 g/mol. The standard InChI is InChI=1S/C11H12FN3O2/c1-6-3-8(12)7(4-9(6)16-2)11-14-10(5-13)17-15-11/h3-4H,5,13H2,1-2H3. The molecule has 5 nitrogen and oxygen atoms in total. The zero-order valence-corrected chi connectivity index (χ0v) is 9.53. The summed E-state index contributed by atoms with van der Waals surface area (Å²) in [6.07, 6.45) is 0. The van der Waals surface area contributed by atoms with Crippen LogP contribution in [0.4, 0.5) is 4.39 Å². The first-order valence-electron chi connectivity index (χ1n) is 5.03. The zero-order valence-electron chi connectivity index (χ0n) is 9.53. The van der Waals surface area contributed by atoms with Crippen LogP contribution in [0.1, 0.15) is 11.5 Å². The Morgan fingerprint density at radius 1 is 1.47 bits per heavy atom. The minimum atomic E-state index is -0.423. The molecule has 17 heavy (non-hydrogen) atoms. The zero-order chi connectivity index (χ0) is 12.4. The molecule has 0 unspecified atom stereocenters. The predicted octanol–water partition coefficient (Wildman–Crippen LogP) is 1.65. The van der Waals surface area contributed by atoms with E-state index in [4.69, 9.17) is 15.0 Å². The first-order valence-corrected chi connectivity index (χ1v) is 5.03. The van der Waals surface area contributed by atoms with E-state index in [-0.39, 0.29) is 23.8 Å². The third-order valence-corrected chi connectivity index (χ3v) is 2.37. The molecule has 0 fully saturated rings. The van der Waals surface area contributed by atoms with E-state index in [1.807, 2.05) is 0 Å². The number of halogens is 1. The first kappa shape index (κ1) is 11.5. The Labute approximate surface area is 97.4 Å². The fourth-order valence-electron chi connectivity index (χ4n) is 1.49. The molecule has 1 aromatic heterocycles. The Morgan fingerprint density at radius 2 is 2.24 bits per heavy atom. The highest BCUT2D eigenvalue weighted by atomic mass is 19.1. The number of rotatable bonds is 3. The molecule has 1 heterocycles. The maximum Gasteiger partial charge on any atom is 0.240 e. The van der Waals surface area contributed by atoms with Crippen LogP contribution in [0.15, 0.2) is 16.7 Å². The summed E-state index contributed by atoms with van der Waals surface area (Å²) in [7, 11) is 1.52. The van der Waals surface area contributed by atoms with E-state index in [0.29, 0.717) is 11.3 Å². The average Bonchev–Trinajstić information content (AvgIpc) is 2.78. The number of hydrogen-bond donors (Lipinski definition) is 1. The number of nitrogens with two attached hydrogens (primary N) is 1. The Kier molecular flexibility index (Phi) is 3.06. The number of aryl methyl sites for hydroxylation is 1. The second-order valence-corrected chi connectivity index (χ2v) is 3.52. The van der Waals surface area contributed by atoms with E-state index in [2.05, 4.69) is 10.1 Å². The molecule has 0 saturated heterocycles. The van der Waals surface area contributed by atoms with Gasteiger partial charge in [0.15, 0.2) is 0 Å². The molecule has 2 aromatic rings. The molecular formula is C11H12FN3O2. The largest absolute Gasteiger partial charge is 0.496 e. The van der Waals surface area contributed by atoms with Crippen molar-refractivity contribution in [3.05, 3.63) is 29.4 Å². The SMILES string of the molecule is COc1cc(-c2noc(CN)n2)c(F)cc1C. The highest BCUT2D eigenvalue weighted by Crippen LogP contribution is 2.28. The quantitative estimate of drug-likeness (QED) is 0.878. The van der Waals surface area contributed by atoms with Crippen LogP contribution in [0.25, 0.3) is 11.4 Å². The molecule has 0 spiro atoms. The van der Waals surface area contributed by atoms with Gasteiger partial charge in [-0.25, -0.2) is 4.39 Å². The lowest BCUT2D eigenvalue weighted by atomic mass is 10.1. The summed E-state index contributed by atoms with van der Waals surface area (Å²) in [5.41, 5.74) is 6.28. The summed E-state index contributed by atoms with van der Waals surface area (Å²) in [6.45, 7) is 1.88. The summed E-state index contributed by atoms with van der Waals surface area (Å²) < 4.78 is 23.7. The third-order valence-electron chi connectivity index (χ3n) is 2.37. The molecule has 0 atom stereocenters. The number of aromatic nitrogens is 2. The normalized spacial score (nSPS) is 10.6. The van der Waals surface area contributed by atoms with Crippen molar-refractivity contribution in [1.82, 2.24) is 10.1 Å². The molecule has 0 radical (unpaired) electrons. The van der Waals surface area contributed by atoms with E-state index >= 15 is 0 Å². The molecule has 0 saturated carbocycles. The molecule has 0 aliphatic heterocycles. The number of benzene rings is 1. The van der Waals surface area contributed by atoms with Gasteiger partial charge in [-0.15, -0.1) is 0 Å². The highest BCUT2D eigenvalue weighted by Gasteiger charge is 2.15. The number of ether oxygens (including phenoxy) is 1. The summed E-state index contributed by atoms with van der Waals surface area (Å²) in [5.74, 6) is 0.577. The van der Waals surface area contributed by atoms with Crippen LogP contribution in [0.2, 0.25) is 0 Å². The van der Waals surface area contributed by atoms with Gasteiger partial charge in [0, 0.05) is 0 Å².